The van der Waals surface area contributed by atoms with E-state index in [2.05, 4.69) is 17.2 Å². The first-order valence-corrected chi connectivity index (χ1v) is 4.45. The second kappa shape index (κ2) is 2.81. The van der Waals surface area contributed by atoms with E-state index in [4.69, 9.17) is 0 Å². The summed E-state index contributed by atoms with van der Waals surface area (Å²) in [7, 11) is 0. The van der Waals surface area contributed by atoms with Gasteiger partial charge in [-0.2, -0.15) is 0 Å². The molecule has 0 N–H and O–H groups in total. The lowest BCUT2D eigenvalue weighted by Crippen LogP contribution is -2.54. The molecule has 0 spiro atoms. The monoisotopic (exact) mass is 166 g/mol. The summed E-state index contributed by atoms with van der Waals surface area (Å²) in [6, 6.07) is 0.432. The Balaban J connectivity index is 2.11. The smallest absolute Gasteiger partial charge is 0.219 e. The Morgan fingerprint density at radius 2 is 2.33 bits per heavy atom. The summed E-state index contributed by atoms with van der Waals surface area (Å²) >= 11 is 0. The number of nitrogens with zero attached hydrogens (tertiary/aromatic N) is 2. The van der Waals surface area contributed by atoms with Gasteiger partial charge in [0.05, 0.1) is 6.04 Å². The highest BCUT2D eigenvalue weighted by atomic mass is 16.2. The number of hydrogen-bond donors (Lipinski definition) is 0. The summed E-state index contributed by atoms with van der Waals surface area (Å²) in [5.41, 5.74) is 0. The van der Waals surface area contributed by atoms with Crippen LogP contribution < -0.4 is 0 Å². The van der Waals surface area contributed by atoms with Crippen LogP contribution in [0.1, 0.15) is 13.3 Å². The Morgan fingerprint density at radius 1 is 1.50 bits per heavy atom. The second-order valence-corrected chi connectivity index (χ2v) is 3.48. The maximum atomic E-state index is 11.2. The quantitative estimate of drug-likeness (QED) is 0.521. The Hall–Kier alpha value is -0.990. The number of piperazine rings is 1. The van der Waals surface area contributed by atoms with Crippen LogP contribution in [0.2, 0.25) is 0 Å². The van der Waals surface area contributed by atoms with Crippen molar-refractivity contribution in [1.29, 1.82) is 0 Å². The van der Waals surface area contributed by atoms with E-state index < -0.39 is 0 Å². The van der Waals surface area contributed by atoms with E-state index in [0.717, 1.165) is 26.1 Å². The molecular formula is C9H14N2O. The molecule has 0 saturated carbocycles. The molecule has 2 aliphatic heterocycles. The zero-order chi connectivity index (χ0) is 8.55. The summed E-state index contributed by atoms with van der Waals surface area (Å²) < 4.78 is 0. The molecule has 0 radical (unpaired) electrons. The maximum absolute atomic E-state index is 11.2. The van der Waals surface area contributed by atoms with Gasteiger partial charge in [-0.3, -0.25) is 4.79 Å². The normalized spacial score (nSPS) is 27.6. The summed E-state index contributed by atoms with van der Waals surface area (Å²) in [6.45, 7) is 4.57. The van der Waals surface area contributed by atoms with E-state index in [-0.39, 0.29) is 5.91 Å². The molecule has 2 heterocycles. The Labute approximate surface area is 72.6 Å². The van der Waals surface area contributed by atoms with E-state index in [1.807, 2.05) is 4.90 Å². The number of rotatable bonds is 0. The Bertz CT molecular complexity index is 225. The number of carbonyl (C=O) groups is 1. The van der Waals surface area contributed by atoms with Gasteiger partial charge in [0.25, 0.3) is 0 Å². The van der Waals surface area contributed by atoms with Gasteiger partial charge in [0.2, 0.25) is 5.91 Å². The lowest BCUT2D eigenvalue weighted by atomic mass is 10.1. The van der Waals surface area contributed by atoms with E-state index in [9.17, 15) is 4.79 Å². The fraction of sp³-hybridized carbons (Fsp3) is 0.667. The molecule has 1 amide bonds. The molecule has 0 aromatic carbocycles. The largest absolute Gasteiger partial charge is 0.374 e. The molecule has 1 fully saturated rings. The molecule has 1 unspecified atom stereocenters. The van der Waals surface area contributed by atoms with Gasteiger partial charge in [-0.15, -0.1) is 0 Å². The fourth-order valence-electron chi connectivity index (χ4n) is 2.00. The molecule has 0 aromatic rings. The van der Waals surface area contributed by atoms with Crippen LogP contribution in [0.4, 0.5) is 0 Å². The summed E-state index contributed by atoms with van der Waals surface area (Å²) in [4.78, 5) is 15.5. The van der Waals surface area contributed by atoms with Crippen molar-refractivity contribution in [3.8, 4) is 0 Å². The van der Waals surface area contributed by atoms with Gasteiger partial charge in [0, 0.05) is 26.6 Å². The molecule has 0 aromatic heterocycles. The van der Waals surface area contributed by atoms with Gasteiger partial charge >= 0.3 is 0 Å². The molecule has 12 heavy (non-hydrogen) atoms. The predicted octanol–water partition coefficient (Wildman–Crippen LogP) is 0.437. The maximum Gasteiger partial charge on any atom is 0.219 e. The van der Waals surface area contributed by atoms with Gasteiger partial charge < -0.3 is 9.80 Å². The van der Waals surface area contributed by atoms with Gasteiger partial charge in [-0.1, -0.05) is 6.08 Å². The van der Waals surface area contributed by atoms with Crippen molar-refractivity contribution in [2.45, 2.75) is 19.4 Å². The van der Waals surface area contributed by atoms with Crippen LogP contribution in [0, 0.1) is 0 Å². The van der Waals surface area contributed by atoms with Crippen LogP contribution in [0.15, 0.2) is 12.3 Å². The number of fused-ring (bicyclic) bond motifs is 2. The van der Waals surface area contributed by atoms with Crippen molar-refractivity contribution in [2.24, 2.45) is 0 Å². The first-order chi connectivity index (χ1) is 5.77. The fourth-order valence-corrected chi connectivity index (χ4v) is 2.00. The highest BCUT2D eigenvalue weighted by molar-refractivity contribution is 5.73. The lowest BCUT2D eigenvalue weighted by Gasteiger charge is -2.42. The topological polar surface area (TPSA) is 23.6 Å². The standard InChI is InChI=1S/C9H14N2O/c1-8(12)11-6-5-10-4-2-3-9(11)7-10/h2,4,9H,3,5-7H2,1H3. The summed E-state index contributed by atoms with van der Waals surface area (Å²) in [5, 5.41) is 0. The molecule has 66 valence electrons. The van der Waals surface area contributed by atoms with E-state index in [1.54, 1.807) is 6.92 Å². The van der Waals surface area contributed by atoms with Crippen molar-refractivity contribution in [3.05, 3.63) is 12.3 Å². The number of carbonyl (C=O) groups excluding carboxylic acids is 1. The third-order valence-corrected chi connectivity index (χ3v) is 2.64. The molecule has 1 saturated heterocycles. The first-order valence-electron chi connectivity index (χ1n) is 4.45. The van der Waals surface area contributed by atoms with Crippen molar-refractivity contribution in [1.82, 2.24) is 9.80 Å². The average Bonchev–Trinajstić information content (AvgIpc) is 2.04. The van der Waals surface area contributed by atoms with Crippen molar-refractivity contribution >= 4 is 5.91 Å². The minimum absolute atomic E-state index is 0.218. The van der Waals surface area contributed by atoms with Crippen LogP contribution in [-0.2, 0) is 4.79 Å². The summed E-state index contributed by atoms with van der Waals surface area (Å²) in [6.07, 6.45) is 5.33. The van der Waals surface area contributed by atoms with Crippen molar-refractivity contribution in [2.75, 3.05) is 19.6 Å². The van der Waals surface area contributed by atoms with E-state index in [0.29, 0.717) is 6.04 Å². The lowest BCUT2D eigenvalue weighted by molar-refractivity contribution is -0.133. The van der Waals surface area contributed by atoms with Crippen LogP contribution in [-0.4, -0.2) is 41.4 Å². The molecular weight excluding hydrogens is 152 g/mol. The van der Waals surface area contributed by atoms with Gasteiger partial charge in [0.1, 0.15) is 0 Å². The van der Waals surface area contributed by atoms with Gasteiger partial charge in [0.15, 0.2) is 0 Å². The van der Waals surface area contributed by atoms with Crippen LogP contribution >= 0.6 is 0 Å². The third kappa shape index (κ3) is 1.19. The van der Waals surface area contributed by atoms with Crippen LogP contribution in [0.3, 0.4) is 0 Å². The zero-order valence-corrected chi connectivity index (χ0v) is 7.36. The highest BCUT2D eigenvalue weighted by Gasteiger charge is 2.28. The number of hydrogen-bond acceptors (Lipinski definition) is 2. The van der Waals surface area contributed by atoms with Crippen LogP contribution in [0.5, 0.6) is 0 Å². The minimum Gasteiger partial charge on any atom is -0.374 e. The van der Waals surface area contributed by atoms with Gasteiger partial charge in [-0.05, 0) is 12.6 Å². The minimum atomic E-state index is 0.218. The molecule has 2 bridgehead atoms. The average molecular weight is 166 g/mol. The first kappa shape index (κ1) is 7.65. The van der Waals surface area contributed by atoms with Crippen molar-refractivity contribution in [3.63, 3.8) is 0 Å². The molecule has 0 aliphatic carbocycles. The molecule has 3 heteroatoms. The SMILES string of the molecule is CC(=O)N1CCN2C=CCC1C2. The third-order valence-electron chi connectivity index (χ3n) is 2.64. The highest BCUT2D eigenvalue weighted by Crippen LogP contribution is 2.18. The zero-order valence-electron chi connectivity index (χ0n) is 7.36. The van der Waals surface area contributed by atoms with Crippen molar-refractivity contribution < 1.29 is 4.79 Å². The van der Waals surface area contributed by atoms with E-state index in [1.165, 1.54) is 0 Å². The van der Waals surface area contributed by atoms with E-state index >= 15 is 0 Å². The molecule has 2 rings (SSSR count). The molecule has 3 nitrogen and oxygen atoms in total. The molecule has 1 atom stereocenters. The Kier molecular flexibility index (Phi) is 1.79. The predicted molar refractivity (Wildman–Crippen MR) is 46.5 cm³/mol. The second-order valence-electron chi connectivity index (χ2n) is 3.48. The molecule has 2 aliphatic rings. The summed E-state index contributed by atoms with van der Waals surface area (Å²) in [5.74, 6) is 0.218. The van der Waals surface area contributed by atoms with Gasteiger partial charge in [-0.25, -0.2) is 0 Å². The Morgan fingerprint density at radius 3 is 3.08 bits per heavy atom. The number of amides is 1. The van der Waals surface area contributed by atoms with Crippen LogP contribution in [0.25, 0.3) is 0 Å².